The zero-order valence-electron chi connectivity index (χ0n) is 11.6. The van der Waals surface area contributed by atoms with Crippen molar-refractivity contribution < 1.29 is 18.0 Å². The average Bonchev–Trinajstić information content (AvgIpc) is 3.01. The molecule has 1 heterocycles. The molecule has 2 aromatic rings. The molecule has 1 N–H and O–H groups in total. The Labute approximate surface area is 129 Å². The fraction of sp³-hybridized carbons (Fsp3) is 0.333. The summed E-state index contributed by atoms with van der Waals surface area (Å²) in [6.07, 6.45) is -3.51. The number of nitrogens with zero attached hydrogens (tertiary/aromatic N) is 1. The van der Waals surface area contributed by atoms with E-state index in [9.17, 15) is 18.0 Å². The standard InChI is InChI=1S/C15H13F3N2OS/c1-8-5-11(8)13(21)20-14-19-12(7-22-14)9-3-2-4-10(6-9)15(16,17)18/h2-4,6-8,11H,5H2,1H3,(H,19,20,21). The summed E-state index contributed by atoms with van der Waals surface area (Å²) in [6, 6.07) is 5.00. The van der Waals surface area contributed by atoms with Gasteiger partial charge in [-0.1, -0.05) is 19.1 Å². The summed E-state index contributed by atoms with van der Waals surface area (Å²) >= 11 is 1.21. The molecule has 3 nitrogen and oxygen atoms in total. The predicted molar refractivity (Wildman–Crippen MR) is 78.5 cm³/mol. The number of thiazole rings is 1. The zero-order chi connectivity index (χ0) is 15.9. The van der Waals surface area contributed by atoms with Crippen molar-refractivity contribution in [1.82, 2.24) is 4.98 Å². The van der Waals surface area contributed by atoms with Crippen LogP contribution in [0.3, 0.4) is 0 Å². The third kappa shape index (κ3) is 3.14. The minimum absolute atomic E-state index is 0.0286. The molecule has 116 valence electrons. The Morgan fingerprint density at radius 1 is 1.41 bits per heavy atom. The highest BCUT2D eigenvalue weighted by atomic mass is 32.1. The quantitative estimate of drug-likeness (QED) is 0.907. The number of aromatic nitrogens is 1. The van der Waals surface area contributed by atoms with Gasteiger partial charge in [-0.05, 0) is 24.5 Å². The van der Waals surface area contributed by atoms with Crippen LogP contribution in [0.25, 0.3) is 11.3 Å². The molecule has 1 fully saturated rings. The minimum Gasteiger partial charge on any atom is -0.302 e. The smallest absolute Gasteiger partial charge is 0.302 e. The van der Waals surface area contributed by atoms with E-state index in [-0.39, 0.29) is 11.8 Å². The first-order valence-electron chi connectivity index (χ1n) is 6.78. The van der Waals surface area contributed by atoms with Crippen molar-refractivity contribution >= 4 is 22.4 Å². The number of hydrogen-bond donors (Lipinski definition) is 1. The third-order valence-corrected chi connectivity index (χ3v) is 4.42. The molecule has 0 radical (unpaired) electrons. The van der Waals surface area contributed by atoms with Gasteiger partial charge < -0.3 is 5.32 Å². The van der Waals surface area contributed by atoms with E-state index in [1.807, 2.05) is 6.92 Å². The van der Waals surface area contributed by atoms with E-state index < -0.39 is 11.7 Å². The summed E-state index contributed by atoms with van der Waals surface area (Å²) in [4.78, 5) is 16.0. The number of rotatable bonds is 3. The first kappa shape index (κ1) is 15.0. The number of hydrogen-bond acceptors (Lipinski definition) is 3. The fourth-order valence-electron chi connectivity index (χ4n) is 2.20. The number of carbonyl (C=O) groups excluding carboxylic acids is 1. The van der Waals surface area contributed by atoms with Crippen LogP contribution >= 0.6 is 11.3 Å². The van der Waals surface area contributed by atoms with Gasteiger partial charge >= 0.3 is 6.18 Å². The van der Waals surface area contributed by atoms with E-state index in [0.29, 0.717) is 22.3 Å². The molecule has 1 amide bonds. The van der Waals surface area contributed by atoms with Gasteiger partial charge in [0.05, 0.1) is 11.3 Å². The van der Waals surface area contributed by atoms with Crippen molar-refractivity contribution in [3.63, 3.8) is 0 Å². The first-order chi connectivity index (χ1) is 10.3. The number of alkyl halides is 3. The Balaban J connectivity index is 1.77. The van der Waals surface area contributed by atoms with Crippen LogP contribution in [-0.2, 0) is 11.0 Å². The van der Waals surface area contributed by atoms with Gasteiger partial charge in [0, 0.05) is 16.9 Å². The second-order valence-electron chi connectivity index (χ2n) is 5.43. The summed E-state index contributed by atoms with van der Waals surface area (Å²) in [6.45, 7) is 2.00. The van der Waals surface area contributed by atoms with Gasteiger partial charge in [-0.2, -0.15) is 13.2 Å². The average molecular weight is 326 g/mol. The van der Waals surface area contributed by atoms with Crippen LogP contribution < -0.4 is 5.32 Å². The third-order valence-electron chi connectivity index (χ3n) is 3.67. The summed E-state index contributed by atoms with van der Waals surface area (Å²) in [7, 11) is 0. The number of halogens is 3. The fourth-order valence-corrected chi connectivity index (χ4v) is 2.93. The number of benzene rings is 1. The lowest BCUT2D eigenvalue weighted by Crippen LogP contribution is -2.14. The Hall–Kier alpha value is -1.89. The molecule has 2 atom stereocenters. The first-order valence-corrected chi connectivity index (χ1v) is 7.66. The number of nitrogens with one attached hydrogen (secondary N) is 1. The van der Waals surface area contributed by atoms with Gasteiger partial charge in [-0.15, -0.1) is 11.3 Å². The van der Waals surface area contributed by atoms with Crippen molar-refractivity contribution in [3.05, 3.63) is 35.2 Å². The van der Waals surface area contributed by atoms with Crippen molar-refractivity contribution in [2.75, 3.05) is 5.32 Å². The highest BCUT2D eigenvalue weighted by Crippen LogP contribution is 2.39. The second kappa shape index (κ2) is 5.39. The monoisotopic (exact) mass is 326 g/mol. The van der Waals surface area contributed by atoms with Gasteiger partial charge in [0.15, 0.2) is 5.13 Å². The highest BCUT2D eigenvalue weighted by Gasteiger charge is 2.39. The molecule has 1 aromatic heterocycles. The molecule has 1 saturated carbocycles. The molecule has 7 heteroatoms. The largest absolute Gasteiger partial charge is 0.416 e. The van der Waals surface area contributed by atoms with E-state index in [0.717, 1.165) is 18.6 Å². The van der Waals surface area contributed by atoms with Gasteiger partial charge in [0.1, 0.15) is 0 Å². The van der Waals surface area contributed by atoms with Gasteiger partial charge in [0.25, 0.3) is 0 Å². The summed E-state index contributed by atoms with van der Waals surface area (Å²) in [5.74, 6) is 0.348. The highest BCUT2D eigenvalue weighted by molar-refractivity contribution is 7.14. The van der Waals surface area contributed by atoms with E-state index in [2.05, 4.69) is 10.3 Å². The summed E-state index contributed by atoms with van der Waals surface area (Å²) < 4.78 is 38.2. The second-order valence-corrected chi connectivity index (χ2v) is 6.28. The van der Waals surface area contributed by atoms with Crippen molar-refractivity contribution in [3.8, 4) is 11.3 Å². The number of carbonyl (C=O) groups is 1. The van der Waals surface area contributed by atoms with E-state index >= 15 is 0 Å². The molecule has 1 aromatic carbocycles. The molecule has 1 aliphatic rings. The molecule has 0 aliphatic heterocycles. The molecular formula is C15H13F3N2OS. The topological polar surface area (TPSA) is 42.0 Å². The maximum atomic E-state index is 12.7. The molecular weight excluding hydrogens is 313 g/mol. The van der Waals surface area contributed by atoms with Crippen LogP contribution in [0, 0.1) is 11.8 Å². The van der Waals surface area contributed by atoms with Gasteiger partial charge in [0.2, 0.25) is 5.91 Å². The SMILES string of the molecule is CC1CC1C(=O)Nc1nc(-c2cccc(C(F)(F)F)c2)cs1. The lowest BCUT2D eigenvalue weighted by molar-refractivity contribution is -0.137. The van der Waals surface area contributed by atoms with Crippen LogP contribution in [0.1, 0.15) is 18.9 Å². The zero-order valence-corrected chi connectivity index (χ0v) is 12.5. The normalized spacial score (nSPS) is 20.7. The lowest BCUT2D eigenvalue weighted by Gasteiger charge is -2.07. The van der Waals surface area contributed by atoms with E-state index in [1.54, 1.807) is 11.4 Å². The predicted octanol–water partition coefficient (Wildman–Crippen LogP) is 4.42. The van der Waals surface area contributed by atoms with E-state index in [4.69, 9.17) is 0 Å². The summed E-state index contributed by atoms with van der Waals surface area (Å²) in [5.41, 5.74) is 0.0944. The Morgan fingerprint density at radius 3 is 2.77 bits per heavy atom. The van der Waals surface area contributed by atoms with Crippen LogP contribution in [-0.4, -0.2) is 10.9 Å². The lowest BCUT2D eigenvalue weighted by atomic mass is 10.1. The Kier molecular flexibility index (Phi) is 3.68. The van der Waals surface area contributed by atoms with Gasteiger partial charge in [-0.25, -0.2) is 4.98 Å². The molecule has 1 aliphatic carbocycles. The van der Waals surface area contributed by atoms with Crippen LogP contribution in [0.15, 0.2) is 29.6 Å². The summed E-state index contributed by atoms with van der Waals surface area (Å²) in [5, 5.41) is 4.77. The number of anilines is 1. The molecule has 0 bridgehead atoms. The van der Waals surface area contributed by atoms with Crippen molar-refractivity contribution in [2.24, 2.45) is 11.8 Å². The van der Waals surface area contributed by atoms with Crippen LogP contribution in [0.5, 0.6) is 0 Å². The van der Waals surface area contributed by atoms with Crippen molar-refractivity contribution in [1.29, 1.82) is 0 Å². The number of amides is 1. The molecule has 0 saturated heterocycles. The van der Waals surface area contributed by atoms with E-state index in [1.165, 1.54) is 17.4 Å². The van der Waals surface area contributed by atoms with Crippen molar-refractivity contribution in [2.45, 2.75) is 19.5 Å². The Morgan fingerprint density at radius 2 is 2.14 bits per heavy atom. The van der Waals surface area contributed by atoms with Crippen LogP contribution in [0.2, 0.25) is 0 Å². The minimum atomic E-state index is -4.38. The maximum absolute atomic E-state index is 12.7. The maximum Gasteiger partial charge on any atom is 0.416 e. The Bertz CT molecular complexity index is 711. The molecule has 0 spiro atoms. The van der Waals surface area contributed by atoms with Gasteiger partial charge in [-0.3, -0.25) is 4.79 Å². The molecule has 3 rings (SSSR count). The van der Waals surface area contributed by atoms with Crippen LogP contribution in [0.4, 0.5) is 18.3 Å². The molecule has 2 unspecified atom stereocenters. The molecule has 22 heavy (non-hydrogen) atoms.